The van der Waals surface area contributed by atoms with Crippen LogP contribution >= 0.6 is 27.5 Å². The SMILES string of the molecule is Cc1c(Cl)ccc(OCC(=O)NNC(=O)COc2ccc3ccccc3c2Br)c1C. The first-order valence-electron chi connectivity index (χ1n) is 9.13. The van der Waals surface area contributed by atoms with Crippen LogP contribution in [0.25, 0.3) is 10.8 Å². The summed E-state index contributed by atoms with van der Waals surface area (Å²) in [5, 5.41) is 2.67. The Morgan fingerprint density at radius 3 is 2.17 bits per heavy atom. The van der Waals surface area contributed by atoms with Gasteiger partial charge in [-0.2, -0.15) is 0 Å². The quantitative estimate of drug-likeness (QED) is 0.499. The number of carbonyl (C=O) groups excluding carboxylic acids is 2. The topological polar surface area (TPSA) is 76.7 Å². The lowest BCUT2D eigenvalue weighted by atomic mass is 10.1. The van der Waals surface area contributed by atoms with Crippen molar-refractivity contribution in [1.29, 1.82) is 0 Å². The van der Waals surface area contributed by atoms with Gasteiger partial charge in [0.2, 0.25) is 0 Å². The van der Waals surface area contributed by atoms with Crippen molar-refractivity contribution < 1.29 is 19.1 Å². The second kappa shape index (κ2) is 9.82. The third-order valence-electron chi connectivity index (χ3n) is 4.56. The molecule has 0 saturated heterocycles. The first-order chi connectivity index (χ1) is 14.4. The number of ether oxygens (including phenoxy) is 2. The smallest absolute Gasteiger partial charge is 0.276 e. The standard InChI is InChI=1S/C22H20BrClN2O4/c1-13-14(2)18(10-8-17(13)24)29-11-20(27)25-26-21(28)12-30-19-9-7-15-5-3-4-6-16(15)22(19)23/h3-10H,11-12H2,1-2H3,(H,25,27)(H,26,28). The zero-order chi connectivity index (χ0) is 21.7. The van der Waals surface area contributed by atoms with E-state index in [9.17, 15) is 9.59 Å². The van der Waals surface area contributed by atoms with Gasteiger partial charge < -0.3 is 9.47 Å². The van der Waals surface area contributed by atoms with Crippen LogP contribution in [0.5, 0.6) is 11.5 Å². The van der Waals surface area contributed by atoms with Crippen LogP contribution in [0.2, 0.25) is 5.02 Å². The van der Waals surface area contributed by atoms with Crippen molar-refractivity contribution in [3.63, 3.8) is 0 Å². The summed E-state index contributed by atoms with van der Waals surface area (Å²) in [4.78, 5) is 23.9. The van der Waals surface area contributed by atoms with Crippen molar-refractivity contribution in [2.75, 3.05) is 13.2 Å². The van der Waals surface area contributed by atoms with Crippen LogP contribution in [0.4, 0.5) is 0 Å². The summed E-state index contributed by atoms with van der Waals surface area (Å²) < 4.78 is 11.8. The number of rotatable bonds is 6. The van der Waals surface area contributed by atoms with Crippen LogP contribution < -0.4 is 20.3 Å². The second-order valence-corrected chi connectivity index (χ2v) is 7.77. The van der Waals surface area contributed by atoms with E-state index in [1.807, 2.05) is 44.2 Å². The molecule has 156 valence electrons. The van der Waals surface area contributed by atoms with Crippen LogP contribution in [0.3, 0.4) is 0 Å². The summed E-state index contributed by atoms with van der Waals surface area (Å²) >= 11 is 9.55. The predicted molar refractivity (Wildman–Crippen MR) is 120 cm³/mol. The highest BCUT2D eigenvalue weighted by Crippen LogP contribution is 2.33. The van der Waals surface area contributed by atoms with Gasteiger partial charge in [0.15, 0.2) is 13.2 Å². The molecular weight excluding hydrogens is 472 g/mol. The van der Waals surface area contributed by atoms with Crippen LogP contribution in [-0.4, -0.2) is 25.0 Å². The van der Waals surface area contributed by atoms with Crippen LogP contribution in [0, 0.1) is 13.8 Å². The van der Waals surface area contributed by atoms with Gasteiger partial charge in [0, 0.05) is 5.02 Å². The molecule has 0 aliphatic carbocycles. The maximum atomic E-state index is 12.0. The van der Waals surface area contributed by atoms with Crippen molar-refractivity contribution in [2.45, 2.75) is 13.8 Å². The summed E-state index contributed by atoms with van der Waals surface area (Å²) in [6.07, 6.45) is 0. The highest BCUT2D eigenvalue weighted by atomic mass is 79.9. The van der Waals surface area contributed by atoms with Gasteiger partial charge in [0.05, 0.1) is 4.47 Å². The van der Waals surface area contributed by atoms with Gasteiger partial charge in [0.1, 0.15) is 11.5 Å². The Labute approximate surface area is 187 Å². The molecule has 0 aliphatic rings. The fourth-order valence-electron chi connectivity index (χ4n) is 2.74. The zero-order valence-electron chi connectivity index (χ0n) is 16.4. The number of hydrazine groups is 1. The van der Waals surface area contributed by atoms with E-state index in [1.54, 1.807) is 18.2 Å². The van der Waals surface area contributed by atoms with Gasteiger partial charge in [-0.15, -0.1) is 0 Å². The number of benzene rings is 3. The lowest BCUT2D eigenvalue weighted by molar-refractivity contribution is -0.131. The Balaban J connectivity index is 1.46. The zero-order valence-corrected chi connectivity index (χ0v) is 18.8. The van der Waals surface area contributed by atoms with Crippen molar-refractivity contribution in [3.05, 3.63) is 69.2 Å². The Bertz CT molecular complexity index is 1100. The van der Waals surface area contributed by atoms with Crippen molar-refractivity contribution in [3.8, 4) is 11.5 Å². The van der Waals surface area contributed by atoms with E-state index >= 15 is 0 Å². The molecule has 0 saturated carbocycles. The van der Waals surface area contributed by atoms with Gasteiger partial charge in [-0.25, -0.2) is 0 Å². The monoisotopic (exact) mass is 490 g/mol. The van der Waals surface area contributed by atoms with E-state index in [-0.39, 0.29) is 13.2 Å². The molecule has 3 rings (SSSR count). The van der Waals surface area contributed by atoms with E-state index in [0.29, 0.717) is 16.5 Å². The van der Waals surface area contributed by atoms with Crippen LogP contribution in [-0.2, 0) is 9.59 Å². The number of carbonyl (C=O) groups is 2. The molecule has 3 aromatic carbocycles. The molecule has 0 aliphatic heterocycles. The van der Waals surface area contributed by atoms with Gasteiger partial charge >= 0.3 is 0 Å². The molecule has 2 amide bonds. The van der Waals surface area contributed by atoms with Crippen molar-refractivity contribution in [2.24, 2.45) is 0 Å². The Morgan fingerprint density at radius 1 is 0.867 bits per heavy atom. The molecule has 0 heterocycles. The van der Waals surface area contributed by atoms with E-state index in [1.165, 1.54) is 0 Å². The Kier molecular flexibility index (Phi) is 7.18. The summed E-state index contributed by atoms with van der Waals surface area (Å²) in [6, 6.07) is 14.9. The van der Waals surface area contributed by atoms with Crippen LogP contribution in [0.1, 0.15) is 11.1 Å². The largest absolute Gasteiger partial charge is 0.483 e. The molecule has 0 atom stereocenters. The maximum Gasteiger partial charge on any atom is 0.276 e. The number of hydrogen-bond acceptors (Lipinski definition) is 4. The fourth-order valence-corrected chi connectivity index (χ4v) is 3.55. The molecule has 8 heteroatoms. The number of nitrogens with one attached hydrogen (secondary N) is 2. The molecule has 2 N–H and O–H groups in total. The third kappa shape index (κ3) is 5.23. The minimum atomic E-state index is -0.498. The second-order valence-electron chi connectivity index (χ2n) is 6.57. The number of amides is 2. The molecule has 30 heavy (non-hydrogen) atoms. The fraction of sp³-hybridized carbons (Fsp3) is 0.182. The van der Waals surface area contributed by atoms with Crippen LogP contribution in [0.15, 0.2) is 53.0 Å². The normalized spacial score (nSPS) is 10.5. The molecule has 0 bridgehead atoms. The summed E-state index contributed by atoms with van der Waals surface area (Å²) in [5.41, 5.74) is 6.34. The molecule has 0 radical (unpaired) electrons. The third-order valence-corrected chi connectivity index (χ3v) is 5.79. The number of fused-ring (bicyclic) bond motifs is 1. The van der Waals surface area contributed by atoms with Crippen molar-refractivity contribution >= 4 is 50.1 Å². The molecule has 3 aromatic rings. The average molecular weight is 492 g/mol. The lowest BCUT2D eigenvalue weighted by Gasteiger charge is -2.13. The lowest BCUT2D eigenvalue weighted by Crippen LogP contribution is -2.45. The van der Waals surface area contributed by atoms with E-state index in [4.69, 9.17) is 21.1 Å². The first kappa shape index (κ1) is 21.9. The minimum absolute atomic E-state index is 0.251. The molecular formula is C22H20BrClN2O4. The molecule has 0 unspecified atom stereocenters. The molecule has 0 aromatic heterocycles. The Morgan fingerprint density at radius 2 is 1.47 bits per heavy atom. The van der Waals surface area contributed by atoms with E-state index < -0.39 is 11.8 Å². The molecule has 6 nitrogen and oxygen atoms in total. The molecule has 0 fully saturated rings. The van der Waals surface area contributed by atoms with E-state index in [0.717, 1.165) is 26.4 Å². The highest BCUT2D eigenvalue weighted by molar-refractivity contribution is 9.10. The van der Waals surface area contributed by atoms with Gasteiger partial charge in [-0.05, 0) is 69.9 Å². The van der Waals surface area contributed by atoms with Gasteiger partial charge in [0.25, 0.3) is 11.8 Å². The van der Waals surface area contributed by atoms with Gasteiger partial charge in [-0.3, -0.25) is 20.4 Å². The summed E-state index contributed by atoms with van der Waals surface area (Å²) in [5.74, 6) is 0.0964. The first-order valence-corrected chi connectivity index (χ1v) is 10.3. The van der Waals surface area contributed by atoms with E-state index in [2.05, 4.69) is 26.8 Å². The maximum absolute atomic E-state index is 12.0. The average Bonchev–Trinajstić information content (AvgIpc) is 2.75. The van der Waals surface area contributed by atoms with Gasteiger partial charge in [-0.1, -0.05) is 41.9 Å². The van der Waals surface area contributed by atoms with Crippen molar-refractivity contribution in [1.82, 2.24) is 10.9 Å². The Hall–Kier alpha value is -2.77. The predicted octanol–water partition coefficient (Wildman–Crippen LogP) is 4.48. The number of halogens is 2. The summed E-state index contributed by atoms with van der Waals surface area (Å²) in [7, 11) is 0. The highest BCUT2D eigenvalue weighted by Gasteiger charge is 2.11. The molecule has 0 spiro atoms. The summed E-state index contributed by atoms with van der Waals surface area (Å²) in [6.45, 7) is 3.23. The minimum Gasteiger partial charge on any atom is -0.483 e. The number of hydrogen-bond donors (Lipinski definition) is 2.